The molecule has 7 nitrogen and oxygen atoms in total. The second kappa shape index (κ2) is 6.05. The van der Waals surface area contributed by atoms with Crippen molar-refractivity contribution in [1.29, 1.82) is 0 Å². The zero-order valence-corrected chi connectivity index (χ0v) is 15.5. The largest absolute Gasteiger partial charge is 0.347 e. The molecule has 4 rings (SSSR count). The Morgan fingerprint density at radius 2 is 1.92 bits per heavy atom. The number of likely N-dealkylation sites (tertiary alicyclic amines) is 1. The fourth-order valence-electron chi connectivity index (χ4n) is 3.71. The number of carbonyl (C=O) groups is 1. The van der Waals surface area contributed by atoms with Crippen LogP contribution in [0.3, 0.4) is 0 Å². The highest BCUT2D eigenvalue weighted by molar-refractivity contribution is 7.91. The van der Waals surface area contributed by atoms with E-state index in [-0.39, 0.29) is 24.1 Å². The summed E-state index contributed by atoms with van der Waals surface area (Å²) in [4.78, 5) is 25.0. The van der Waals surface area contributed by atoms with Crippen LogP contribution < -0.4 is 4.90 Å². The van der Waals surface area contributed by atoms with Crippen molar-refractivity contribution in [2.75, 3.05) is 32.1 Å². The van der Waals surface area contributed by atoms with Crippen LogP contribution in [-0.2, 0) is 15.6 Å². The molecule has 136 valence electrons. The molecule has 0 saturated carbocycles. The molecule has 0 N–H and O–H groups in total. The number of carbonyl (C=O) groups excluding carboxylic acids is 1. The van der Waals surface area contributed by atoms with Crippen LogP contribution in [0, 0.1) is 0 Å². The number of anilines is 1. The van der Waals surface area contributed by atoms with Gasteiger partial charge in [-0.2, -0.15) is 0 Å². The second-order valence-corrected chi connectivity index (χ2v) is 9.22. The van der Waals surface area contributed by atoms with Crippen molar-refractivity contribution in [2.24, 2.45) is 0 Å². The van der Waals surface area contributed by atoms with Gasteiger partial charge in [0.2, 0.25) is 5.95 Å². The number of sulfone groups is 1. The first kappa shape index (κ1) is 17.0. The van der Waals surface area contributed by atoms with Crippen molar-refractivity contribution < 1.29 is 13.2 Å². The molecule has 1 fully saturated rings. The first-order valence-corrected chi connectivity index (χ1v) is 10.2. The van der Waals surface area contributed by atoms with Crippen LogP contribution in [0.1, 0.15) is 27.5 Å². The maximum Gasteiger partial charge on any atom is 0.253 e. The van der Waals surface area contributed by atoms with Crippen molar-refractivity contribution >= 4 is 21.7 Å². The van der Waals surface area contributed by atoms with Crippen LogP contribution in [-0.4, -0.2) is 61.6 Å². The molecule has 0 unspecified atom stereocenters. The highest BCUT2D eigenvalue weighted by Crippen LogP contribution is 2.39. The summed E-state index contributed by atoms with van der Waals surface area (Å²) in [5.41, 5.74) is 1.97. The molecule has 3 heterocycles. The van der Waals surface area contributed by atoms with E-state index in [1.807, 2.05) is 20.2 Å². The van der Waals surface area contributed by atoms with Crippen LogP contribution >= 0.6 is 0 Å². The Morgan fingerprint density at radius 3 is 2.62 bits per heavy atom. The Labute approximate surface area is 152 Å². The normalized spacial score (nSPS) is 23.2. The molecule has 0 radical (unpaired) electrons. The van der Waals surface area contributed by atoms with E-state index in [0.717, 1.165) is 5.69 Å². The fourth-order valence-corrected chi connectivity index (χ4v) is 5.70. The molecule has 0 aliphatic carbocycles. The lowest BCUT2D eigenvalue weighted by molar-refractivity contribution is 0.0791. The summed E-state index contributed by atoms with van der Waals surface area (Å²) >= 11 is 0. The van der Waals surface area contributed by atoms with E-state index in [0.29, 0.717) is 23.6 Å². The second-order valence-electron chi connectivity index (χ2n) is 7.00. The molecular weight excluding hydrogens is 352 g/mol. The van der Waals surface area contributed by atoms with Gasteiger partial charge in [0, 0.05) is 50.4 Å². The molecule has 8 heteroatoms. The molecule has 1 aromatic carbocycles. The molecule has 2 aromatic rings. The highest BCUT2D eigenvalue weighted by atomic mass is 32.2. The number of fused-ring (bicyclic) bond motifs is 3. The van der Waals surface area contributed by atoms with E-state index in [4.69, 9.17) is 0 Å². The van der Waals surface area contributed by atoms with Crippen molar-refractivity contribution in [3.05, 3.63) is 53.3 Å². The highest BCUT2D eigenvalue weighted by Gasteiger charge is 2.48. The Morgan fingerprint density at radius 1 is 1.19 bits per heavy atom. The van der Waals surface area contributed by atoms with Crippen molar-refractivity contribution in [3.63, 3.8) is 0 Å². The van der Waals surface area contributed by atoms with Crippen LogP contribution in [0.2, 0.25) is 0 Å². The predicted molar refractivity (Wildman–Crippen MR) is 97.9 cm³/mol. The summed E-state index contributed by atoms with van der Waals surface area (Å²) in [6.07, 6.45) is 1.60. The third-order valence-corrected chi connectivity index (χ3v) is 7.14. The molecule has 26 heavy (non-hydrogen) atoms. The van der Waals surface area contributed by atoms with E-state index < -0.39 is 15.1 Å². The Hall–Kier alpha value is -2.48. The summed E-state index contributed by atoms with van der Waals surface area (Å²) < 4.78 is 25.5. The molecule has 1 amide bonds. The maximum atomic E-state index is 12.8. The summed E-state index contributed by atoms with van der Waals surface area (Å²) in [5, 5.41) is -0.604. The number of benzene rings is 1. The Balaban J connectivity index is 1.71. The van der Waals surface area contributed by atoms with Gasteiger partial charge in [-0.25, -0.2) is 18.4 Å². The average Bonchev–Trinajstić information content (AvgIpc) is 3.08. The topological polar surface area (TPSA) is 83.5 Å². The Bertz CT molecular complexity index is 960. The minimum atomic E-state index is -3.34. The minimum Gasteiger partial charge on any atom is -0.347 e. The predicted octanol–water partition coefficient (Wildman–Crippen LogP) is 1.08. The van der Waals surface area contributed by atoms with Crippen LogP contribution in [0.15, 0.2) is 36.5 Å². The quantitative estimate of drug-likeness (QED) is 0.784. The van der Waals surface area contributed by atoms with E-state index >= 15 is 0 Å². The zero-order chi connectivity index (χ0) is 18.5. The van der Waals surface area contributed by atoms with E-state index in [1.165, 1.54) is 0 Å². The van der Waals surface area contributed by atoms with Gasteiger partial charge in [-0.3, -0.25) is 4.79 Å². The molecular formula is C18H20N4O3S. The lowest BCUT2D eigenvalue weighted by atomic mass is 10.00. The number of rotatable bonds is 2. The number of hydrogen-bond donors (Lipinski definition) is 0. The number of nitrogens with zero attached hydrogens (tertiary/aromatic N) is 4. The maximum absolute atomic E-state index is 12.8. The van der Waals surface area contributed by atoms with Crippen LogP contribution in [0.4, 0.5) is 5.95 Å². The van der Waals surface area contributed by atoms with Crippen molar-refractivity contribution in [3.8, 4) is 0 Å². The van der Waals surface area contributed by atoms with Gasteiger partial charge in [0.15, 0.2) is 9.84 Å². The van der Waals surface area contributed by atoms with Crippen LogP contribution in [0.5, 0.6) is 0 Å². The lowest BCUT2D eigenvalue weighted by Gasteiger charge is -2.26. The Kier molecular flexibility index (Phi) is 3.95. The van der Waals surface area contributed by atoms with Gasteiger partial charge < -0.3 is 9.80 Å². The van der Waals surface area contributed by atoms with Gasteiger partial charge in [-0.1, -0.05) is 18.2 Å². The molecule has 2 aliphatic heterocycles. The number of amides is 1. The molecule has 0 bridgehead atoms. The summed E-state index contributed by atoms with van der Waals surface area (Å²) in [5.74, 6) is 0.0382. The molecule has 2 atom stereocenters. The average molecular weight is 372 g/mol. The van der Waals surface area contributed by atoms with Gasteiger partial charge in [-0.05, 0) is 12.1 Å². The van der Waals surface area contributed by atoms with Crippen molar-refractivity contribution in [1.82, 2.24) is 14.9 Å². The monoisotopic (exact) mass is 372 g/mol. The van der Waals surface area contributed by atoms with Gasteiger partial charge in [0.1, 0.15) is 0 Å². The summed E-state index contributed by atoms with van der Waals surface area (Å²) in [7, 11) is 0.349. The van der Waals surface area contributed by atoms with E-state index in [2.05, 4.69) is 9.97 Å². The SMILES string of the molecule is CN(C)c1ncc2c(n1)[C@@H]1CN(C(=O)c3ccccc3)C[C@@H]1S(=O)(=O)C2. The molecule has 1 aromatic heterocycles. The van der Waals surface area contributed by atoms with Crippen LogP contribution in [0.25, 0.3) is 0 Å². The minimum absolute atomic E-state index is 0.0649. The lowest BCUT2D eigenvalue weighted by Crippen LogP contribution is -2.36. The molecule has 2 aliphatic rings. The molecule has 0 spiro atoms. The van der Waals surface area contributed by atoms with E-state index in [1.54, 1.807) is 40.3 Å². The van der Waals surface area contributed by atoms with Gasteiger partial charge in [0.05, 0.1) is 16.7 Å². The first-order chi connectivity index (χ1) is 12.4. The van der Waals surface area contributed by atoms with Gasteiger partial charge in [0.25, 0.3) is 5.91 Å². The molecule has 1 saturated heterocycles. The van der Waals surface area contributed by atoms with E-state index in [9.17, 15) is 13.2 Å². The third kappa shape index (κ3) is 2.74. The smallest absolute Gasteiger partial charge is 0.253 e. The fraction of sp³-hybridized carbons (Fsp3) is 0.389. The number of aromatic nitrogens is 2. The summed E-state index contributed by atoms with van der Waals surface area (Å²) in [6, 6.07) is 8.96. The number of hydrogen-bond acceptors (Lipinski definition) is 6. The standard InChI is InChI=1S/C18H20N4O3S/c1-21(2)18-19-8-13-11-26(24,25)15-10-22(9-14(15)16(13)20-18)17(23)12-6-4-3-5-7-12/h3-8,14-15H,9-11H2,1-2H3/t14-,15+/m1/s1. The third-order valence-electron chi connectivity index (χ3n) is 5.03. The van der Waals surface area contributed by atoms with Gasteiger partial charge >= 0.3 is 0 Å². The first-order valence-electron chi connectivity index (χ1n) is 8.46. The summed E-state index contributed by atoms with van der Waals surface area (Å²) in [6.45, 7) is 0.565. The van der Waals surface area contributed by atoms with Crippen molar-refractivity contribution in [2.45, 2.75) is 16.9 Å². The van der Waals surface area contributed by atoms with Gasteiger partial charge in [-0.15, -0.1) is 0 Å². The zero-order valence-electron chi connectivity index (χ0n) is 14.7.